The first-order valence-electron chi connectivity index (χ1n) is 7.27. The van der Waals surface area contributed by atoms with Gasteiger partial charge in [-0.3, -0.25) is 9.88 Å². The van der Waals surface area contributed by atoms with Gasteiger partial charge in [-0.15, -0.1) is 0 Å². The molecule has 3 rings (SSSR count). The van der Waals surface area contributed by atoms with Gasteiger partial charge in [0.2, 0.25) is 5.88 Å². The van der Waals surface area contributed by atoms with Gasteiger partial charge >= 0.3 is 0 Å². The summed E-state index contributed by atoms with van der Waals surface area (Å²) in [7, 11) is 2.15. The Kier molecular flexibility index (Phi) is 5.13. The molecule has 3 heterocycles. The lowest BCUT2D eigenvalue weighted by Crippen LogP contribution is -2.45. The summed E-state index contributed by atoms with van der Waals surface area (Å²) in [6.07, 6.45) is 3.39. The number of fused-ring (bicyclic) bond motifs is 1. The minimum atomic E-state index is 0.566. The van der Waals surface area contributed by atoms with Crippen LogP contribution in [0.3, 0.4) is 0 Å². The third-order valence-corrected chi connectivity index (χ3v) is 4.93. The van der Waals surface area contributed by atoms with Crippen molar-refractivity contribution in [1.82, 2.24) is 19.8 Å². The molecule has 7 heteroatoms. The molecule has 0 atom stereocenters. The van der Waals surface area contributed by atoms with E-state index in [1.54, 1.807) is 18.5 Å². The first-order chi connectivity index (χ1) is 10.6. The van der Waals surface area contributed by atoms with Gasteiger partial charge < -0.3 is 9.64 Å². The molecule has 0 bridgehead atoms. The van der Waals surface area contributed by atoms with Crippen molar-refractivity contribution >= 4 is 38.4 Å². The number of aromatic nitrogens is 2. The molecule has 1 fully saturated rings. The zero-order valence-corrected chi connectivity index (χ0v) is 14.8. The molecule has 0 aliphatic carbocycles. The fourth-order valence-electron chi connectivity index (χ4n) is 2.47. The molecule has 1 aliphatic rings. The second-order valence-electron chi connectivity index (χ2n) is 5.43. The van der Waals surface area contributed by atoms with Crippen molar-refractivity contribution in [1.29, 1.82) is 0 Å². The van der Waals surface area contributed by atoms with Gasteiger partial charge in [-0.05, 0) is 29.0 Å². The van der Waals surface area contributed by atoms with Gasteiger partial charge in [-0.1, -0.05) is 11.6 Å². The molecule has 0 spiro atoms. The van der Waals surface area contributed by atoms with Crippen molar-refractivity contribution in [3.63, 3.8) is 0 Å². The normalized spacial score (nSPS) is 17.0. The third kappa shape index (κ3) is 3.51. The number of piperazine rings is 1. The zero-order chi connectivity index (χ0) is 15.5. The van der Waals surface area contributed by atoms with E-state index in [0.29, 0.717) is 17.5 Å². The van der Waals surface area contributed by atoms with Crippen LogP contribution in [0.4, 0.5) is 0 Å². The number of hydrogen-bond acceptors (Lipinski definition) is 5. The van der Waals surface area contributed by atoms with E-state index in [2.05, 4.69) is 42.7 Å². The van der Waals surface area contributed by atoms with Crippen LogP contribution in [0.5, 0.6) is 5.88 Å². The molecular weight excluding hydrogens is 368 g/mol. The summed E-state index contributed by atoms with van der Waals surface area (Å²) in [6.45, 7) is 5.91. The van der Waals surface area contributed by atoms with Gasteiger partial charge in [0.1, 0.15) is 11.1 Å². The van der Waals surface area contributed by atoms with Crippen LogP contribution in [-0.4, -0.2) is 66.1 Å². The SMILES string of the molecule is CN1CCN(CCOc2ncc3c(Cl)ccnc3c2Br)CC1. The lowest BCUT2D eigenvalue weighted by atomic mass is 10.3. The minimum absolute atomic E-state index is 0.566. The van der Waals surface area contributed by atoms with Crippen molar-refractivity contribution in [2.24, 2.45) is 0 Å². The predicted octanol–water partition coefficient (Wildman–Crippen LogP) is 2.67. The lowest BCUT2D eigenvalue weighted by Gasteiger charge is -2.32. The number of nitrogens with zero attached hydrogens (tertiary/aromatic N) is 4. The lowest BCUT2D eigenvalue weighted by molar-refractivity contribution is 0.132. The predicted molar refractivity (Wildman–Crippen MR) is 91.7 cm³/mol. The summed E-state index contributed by atoms with van der Waals surface area (Å²) in [5.41, 5.74) is 0.775. The molecule has 1 aliphatic heterocycles. The Morgan fingerprint density at radius 3 is 2.82 bits per heavy atom. The van der Waals surface area contributed by atoms with Crippen LogP contribution in [0.15, 0.2) is 22.9 Å². The minimum Gasteiger partial charge on any atom is -0.475 e. The highest BCUT2D eigenvalue weighted by Crippen LogP contribution is 2.32. The zero-order valence-electron chi connectivity index (χ0n) is 12.4. The molecule has 22 heavy (non-hydrogen) atoms. The van der Waals surface area contributed by atoms with Gasteiger partial charge in [0.15, 0.2) is 0 Å². The van der Waals surface area contributed by atoms with Crippen LogP contribution in [0, 0.1) is 0 Å². The molecule has 118 valence electrons. The summed E-state index contributed by atoms with van der Waals surface area (Å²) < 4.78 is 6.57. The molecular formula is C15H18BrClN4O. The maximum atomic E-state index is 6.15. The van der Waals surface area contributed by atoms with E-state index < -0.39 is 0 Å². The van der Waals surface area contributed by atoms with E-state index in [4.69, 9.17) is 16.3 Å². The Bertz CT molecular complexity index is 661. The molecule has 0 unspecified atom stereocenters. The van der Waals surface area contributed by atoms with Gasteiger partial charge in [0.25, 0.3) is 0 Å². The molecule has 2 aromatic heterocycles. The quantitative estimate of drug-likeness (QED) is 0.809. The third-order valence-electron chi connectivity index (χ3n) is 3.89. The van der Waals surface area contributed by atoms with Crippen molar-refractivity contribution in [2.45, 2.75) is 0 Å². The van der Waals surface area contributed by atoms with E-state index in [1.807, 2.05) is 0 Å². The molecule has 5 nitrogen and oxygen atoms in total. The summed E-state index contributed by atoms with van der Waals surface area (Å²) in [5, 5.41) is 1.46. The molecule has 0 amide bonds. The number of halogens is 2. The van der Waals surface area contributed by atoms with Crippen LogP contribution >= 0.6 is 27.5 Å². The average molecular weight is 386 g/mol. The summed E-state index contributed by atoms with van der Waals surface area (Å²) in [6, 6.07) is 1.76. The molecule has 2 aromatic rings. The van der Waals surface area contributed by atoms with Gasteiger partial charge in [0, 0.05) is 50.5 Å². The Balaban J connectivity index is 1.63. The fraction of sp³-hybridized carbons (Fsp3) is 0.467. The number of pyridine rings is 2. The van der Waals surface area contributed by atoms with Crippen LogP contribution in [0.1, 0.15) is 0 Å². The monoisotopic (exact) mass is 384 g/mol. The van der Waals surface area contributed by atoms with E-state index >= 15 is 0 Å². The van der Waals surface area contributed by atoms with Crippen LogP contribution in [-0.2, 0) is 0 Å². The second kappa shape index (κ2) is 7.08. The first kappa shape index (κ1) is 15.9. The number of hydrogen-bond donors (Lipinski definition) is 0. The topological polar surface area (TPSA) is 41.5 Å². The number of rotatable bonds is 4. The molecule has 0 radical (unpaired) electrons. The summed E-state index contributed by atoms with van der Waals surface area (Å²) >= 11 is 9.67. The Morgan fingerprint density at radius 1 is 1.27 bits per heavy atom. The maximum Gasteiger partial charge on any atom is 0.230 e. The molecule has 0 aromatic carbocycles. The van der Waals surface area contributed by atoms with Gasteiger partial charge in [0.05, 0.1) is 10.5 Å². The van der Waals surface area contributed by atoms with Crippen molar-refractivity contribution in [2.75, 3.05) is 46.4 Å². The van der Waals surface area contributed by atoms with Crippen molar-refractivity contribution in [3.05, 3.63) is 28.0 Å². The summed E-state index contributed by atoms with van der Waals surface area (Å²) in [5.74, 6) is 0.566. The average Bonchev–Trinajstić information content (AvgIpc) is 2.52. The molecule has 0 N–H and O–H groups in total. The van der Waals surface area contributed by atoms with Crippen molar-refractivity contribution < 1.29 is 4.74 Å². The first-order valence-corrected chi connectivity index (χ1v) is 8.44. The second-order valence-corrected chi connectivity index (χ2v) is 6.63. The Hall–Kier alpha value is -0.950. The van der Waals surface area contributed by atoms with E-state index in [9.17, 15) is 0 Å². The van der Waals surface area contributed by atoms with Gasteiger partial charge in [-0.2, -0.15) is 0 Å². The van der Waals surface area contributed by atoms with Crippen LogP contribution < -0.4 is 4.74 Å². The Morgan fingerprint density at radius 2 is 2.05 bits per heavy atom. The highest BCUT2D eigenvalue weighted by molar-refractivity contribution is 9.10. The highest BCUT2D eigenvalue weighted by atomic mass is 79.9. The van der Waals surface area contributed by atoms with Gasteiger partial charge in [-0.25, -0.2) is 4.98 Å². The number of likely N-dealkylation sites (N-methyl/N-ethyl adjacent to an activating group) is 1. The molecule has 0 saturated carbocycles. The standard InChI is InChI=1S/C15H18BrClN4O/c1-20-4-6-21(7-5-20)8-9-22-15-13(16)14-11(10-19-15)12(17)2-3-18-14/h2-3,10H,4-9H2,1H3. The van der Waals surface area contributed by atoms with E-state index in [-0.39, 0.29) is 0 Å². The number of ether oxygens (including phenoxy) is 1. The smallest absolute Gasteiger partial charge is 0.230 e. The largest absolute Gasteiger partial charge is 0.475 e. The van der Waals surface area contributed by atoms with Crippen LogP contribution in [0.2, 0.25) is 5.02 Å². The summed E-state index contributed by atoms with van der Waals surface area (Å²) in [4.78, 5) is 13.4. The fourth-order valence-corrected chi connectivity index (χ4v) is 3.20. The Labute approximate surface area is 143 Å². The highest BCUT2D eigenvalue weighted by Gasteiger charge is 2.15. The van der Waals surface area contributed by atoms with E-state index in [0.717, 1.165) is 48.1 Å². The van der Waals surface area contributed by atoms with Crippen LogP contribution in [0.25, 0.3) is 10.9 Å². The maximum absolute atomic E-state index is 6.15. The molecule has 1 saturated heterocycles. The van der Waals surface area contributed by atoms with Crippen molar-refractivity contribution in [3.8, 4) is 5.88 Å². The van der Waals surface area contributed by atoms with E-state index in [1.165, 1.54) is 0 Å².